The zero-order valence-corrected chi connectivity index (χ0v) is 14.6. The number of alkyl carbamates (subject to hydrolysis) is 1. The highest BCUT2D eigenvalue weighted by Crippen LogP contribution is 2.16. The number of carbonyl (C=O) groups is 2. The number of hydrogen-bond donors (Lipinski definition) is 2. The summed E-state index contributed by atoms with van der Waals surface area (Å²) < 4.78 is 5.23. The number of ether oxygens (including phenoxy) is 1. The van der Waals surface area contributed by atoms with Crippen LogP contribution >= 0.6 is 0 Å². The molecule has 0 aromatic carbocycles. The minimum atomic E-state index is -0.522. The highest BCUT2D eigenvalue weighted by Gasteiger charge is 2.29. The van der Waals surface area contributed by atoms with Gasteiger partial charge in [0.1, 0.15) is 5.60 Å². The minimum absolute atomic E-state index is 0.0275. The molecule has 0 saturated heterocycles. The summed E-state index contributed by atoms with van der Waals surface area (Å²) in [6.07, 6.45) is 1.55. The van der Waals surface area contributed by atoms with E-state index in [-0.39, 0.29) is 5.91 Å². The van der Waals surface area contributed by atoms with Gasteiger partial charge in [0.2, 0.25) is 5.91 Å². The summed E-state index contributed by atoms with van der Waals surface area (Å²) in [5.74, 6) is 0.343. The van der Waals surface area contributed by atoms with E-state index in [0.29, 0.717) is 18.9 Å². The van der Waals surface area contributed by atoms with Crippen LogP contribution < -0.4 is 10.6 Å². The van der Waals surface area contributed by atoms with Gasteiger partial charge in [-0.05, 0) is 39.5 Å². The molecule has 0 heterocycles. The molecule has 124 valence electrons. The normalized spacial score (nSPS) is 12.2. The number of nitrogens with one attached hydrogen (secondary N) is 2. The monoisotopic (exact) mass is 300 g/mol. The molecule has 2 amide bonds. The van der Waals surface area contributed by atoms with Crippen molar-refractivity contribution in [1.82, 2.24) is 10.6 Å². The Balaban J connectivity index is 4.59. The number of rotatable bonds is 7. The van der Waals surface area contributed by atoms with Crippen molar-refractivity contribution in [2.24, 2.45) is 5.92 Å². The molecule has 0 atom stereocenters. The van der Waals surface area contributed by atoms with Gasteiger partial charge in [0.15, 0.2) is 0 Å². The predicted molar refractivity (Wildman–Crippen MR) is 85.1 cm³/mol. The third-order valence-electron chi connectivity index (χ3n) is 3.32. The zero-order chi connectivity index (χ0) is 16.7. The maximum atomic E-state index is 12.0. The number of carbonyl (C=O) groups excluding carboxylic acids is 2. The molecule has 0 aliphatic carbocycles. The summed E-state index contributed by atoms with van der Waals surface area (Å²) in [6.45, 7) is 13.9. The first kappa shape index (κ1) is 19.7. The highest BCUT2D eigenvalue weighted by atomic mass is 16.6. The van der Waals surface area contributed by atoms with Gasteiger partial charge >= 0.3 is 6.09 Å². The van der Waals surface area contributed by atoms with Crippen LogP contribution in [0.1, 0.15) is 67.7 Å². The van der Waals surface area contributed by atoms with Crippen LogP contribution in [0.15, 0.2) is 0 Å². The summed E-state index contributed by atoms with van der Waals surface area (Å²) >= 11 is 0. The topological polar surface area (TPSA) is 67.4 Å². The Bertz CT molecular complexity index is 342. The van der Waals surface area contributed by atoms with Gasteiger partial charge in [0.25, 0.3) is 0 Å². The van der Waals surface area contributed by atoms with Gasteiger partial charge in [-0.1, -0.05) is 27.7 Å². The fraction of sp³-hybridized carbons (Fsp3) is 0.875. The lowest BCUT2D eigenvalue weighted by atomic mass is 9.92. The van der Waals surface area contributed by atoms with Gasteiger partial charge in [-0.25, -0.2) is 4.79 Å². The lowest BCUT2D eigenvalue weighted by Gasteiger charge is -2.33. The molecule has 0 fully saturated rings. The van der Waals surface area contributed by atoms with E-state index in [0.717, 1.165) is 12.8 Å². The van der Waals surface area contributed by atoms with Crippen LogP contribution in [0.2, 0.25) is 0 Å². The van der Waals surface area contributed by atoms with E-state index in [1.807, 2.05) is 48.5 Å². The highest BCUT2D eigenvalue weighted by molar-refractivity contribution is 5.77. The largest absolute Gasteiger partial charge is 0.444 e. The molecular weight excluding hydrogens is 268 g/mol. The molecule has 0 spiro atoms. The second-order valence-corrected chi connectivity index (χ2v) is 6.99. The molecule has 0 aromatic rings. The van der Waals surface area contributed by atoms with E-state index < -0.39 is 17.2 Å². The minimum Gasteiger partial charge on any atom is -0.444 e. The van der Waals surface area contributed by atoms with Crippen LogP contribution in [0.25, 0.3) is 0 Å². The fourth-order valence-corrected chi connectivity index (χ4v) is 1.99. The Hall–Kier alpha value is -1.26. The van der Waals surface area contributed by atoms with Crippen molar-refractivity contribution in [3.8, 4) is 0 Å². The second kappa shape index (κ2) is 8.25. The first-order valence-corrected chi connectivity index (χ1v) is 7.81. The number of hydrogen-bond acceptors (Lipinski definition) is 3. The van der Waals surface area contributed by atoms with E-state index in [1.165, 1.54) is 0 Å². The van der Waals surface area contributed by atoms with Crippen LogP contribution in [0.5, 0.6) is 0 Å². The molecule has 21 heavy (non-hydrogen) atoms. The number of amides is 2. The third-order valence-corrected chi connectivity index (χ3v) is 3.32. The Kier molecular flexibility index (Phi) is 7.75. The molecule has 0 rings (SSSR count). The van der Waals surface area contributed by atoms with E-state index >= 15 is 0 Å². The van der Waals surface area contributed by atoms with Crippen LogP contribution in [0.3, 0.4) is 0 Å². The van der Waals surface area contributed by atoms with Crippen molar-refractivity contribution >= 4 is 12.0 Å². The van der Waals surface area contributed by atoms with Crippen LogP contribution in [-0.4, -0.2) is 29.7 Å². The average Bonchev–Trinajstić information content (AvgIpc) is 2.31. The third kappa shape index (κ3) is 8.58. The second-order valence-electron chi connectivity index (χ2n) is 6.99. The Morgan fingerprint density at radius 1 is 1.10 bits per heavy atom. The zero-order valence-electron chi connectivity index (χ0n) is 14.6. The van der Waals surface area contributed by atoms with Gasteiger partial charge in [-0.15, -0.1) is 0 Å². The van der Waals surface area contributed by atoms with Crippen LogP contribution in [-0.2, 0) is 9.53 Å². The van der Waals surface area contributed by atoms with Crippen molar-refractivity contribution in [3.63, 3.8) is 0 Å². The van der Waals surface area contributed by atoms with Gasteiger partial charge < -0.3 is 15.4 Å². The average molecular weight is 300 g/mol. The maximum Gasteiger partial charge on any atom is 0.407 e. The molecule has 0 aliphatic heterocycles. The van der Waals surface area contributed by atoms with E-state index in [2.05, 4.69) is 10.6 Å². The lowest BCUT2D eigenvalue weighted by molar-refractivity contribution is -0.123. The summed E-state index contributed by atoms with van der Waals surface area (Å²) in [4.78, 5) is 23.8. The van der Waals surface area contributed by atoms with Gasteiger partial charge in [-0.2, -0.15) is 0 Å². The van der Waals surface area contributed by atoms with E-state index in [1.54, 1.807) is 0 Å². The first-order valence-electron chi connectivity index (χ1n) is 7.81. The summed E-state index contributed by atoms with van der Waals surface area (Å²) in [5, 5.41) is 5.83. The molecule has 0 unspecified atom stereocenters. The van der Waals surface area contributed by atoms with Crippen molar-refractivity contribution in [3.05, 3.63) is 0 Å². The lowest BCUT2D eigenvalue weighted by Crippen LogP contribution is -2.55. The van der Waals surface area contributed by atoms with Gasteiger partial charge in [0.05, 0.1) is 5.54 Å². The van der Waals surface area contributed by atoms with E-state index in [4.69, 9.17) is 4.74 Å². The summed E-state index contributed by atoms with van der Waals surface area (Å²) in [6, 6.07) is 0. The van der Waals surface area contributed by atoms with E-state index in [9.17, 15) is 9.59 Å². The van der Waals surface area contributed by atoms with Crippen molar-refractivity contribution < 1.29 is 14.3 Å². The van der Waals surface area contributed by atoms with Crippen LogP contribution in [0, 0.1) is 5.92 Å². The van der Waals surface area contributed by atoms with Crippen molar-refractivity contribution in [2.75, 3.05) is 6.54 Å². The Labute approximate surface area is 129 Å². The van der Waals surface area contributed by atoms with Crippen molar-refractivity contribution in [1.29, 1.82) is 0 Å². The molecule has 5 heteroatoms. The standard InChI is InChI=1S/C16H32N2O3/c1-8-16(9-2,18-13(19)10-12(3)4)11-17-14(20)21-15(5,6)7/h12H,8-11H2,1-7H3,(H,17,20)(H,18,19). The van der Waals surface area contributed by atoms with Gasteiger partial charge in [-0.3, -0.25) is 4.79 Å². The molecule has 2 N–H and O–H groups in total. The molecule has 0 radical (unpaired) electrons. The van der Waals surface area contributed by atoms with Crippen LogP contribution in [0.4, 0.5) is 4.79 Å². The quantitative estimate of drug-likeness (QED) is 0.758. The molecule has 0 aromatic heterocycles. The maximum absolute atomic E-state index is 12.0. The van der Waals surface area contributed by atoms with Crippen molar-refractivity contribution in [2.45, 2.75) is 78.9 Å². The predicted octanol–water partition coefficient (Wildman–Crippen LogP) is 3.23. The first-order chi connectivity index (χ1) is 9.53. The molecule has 0 aliphatic rings. The smallest absolute Gasteiger partial charge is 0.407 e. The molecular formula is C16H32N2O3. The van der Waals surface area contributed by atoms with Gasteiger partial charge in [0, 0.05) is 13.0 Å². The fourth-order valence-electron chi connectivity index (χ4n) is 1.99. The summed E-state index contributed by atoms with van der Waals surface area (Å²) in [5.41, 5.74) is -0.936. The Morgan fingerprint density at radius 3 is 2.00 bits per heavy atom. The SMILES string of the molecule is CCC(CC)(CNC(=O)OC(C)(C)C)NC(=O)CC(C)C. The molecule has 0 bridgehead atoms. The molecule has 0 saturated carbocycles. The molecule has 5 nitrogen and oxygen atoms in total. The summed E-state index contributed by atoms with van der Waals surface area (Å²) in [7, 11) is 0. The Morgan fingerprint density at radius 2 is 1.62 bits per heavy atom.